The van der Waals surface area contributed by atoms with E-state index in [0.29, 0.717) is 0 Å². The number of halogens is 3. The topological polar surface area (TPSA) is 58.4 Å². The van der Waals surface area contributed by atoms with Crippen molar-refractivity contribution in [3.8, 4) is 0 Å². The summed E-state index contributed by atoms with van der Waals surface area (Å²) in [6, 6.07) is 0.0658. The first-order valence-corrected chi connectivity index (χ1v) is 5.92. The summed E-state index contributed by atoms with van der Waals surface area (Å²) in [6.07, 6.45) is 0.0405. The van der Waals surface area contributed by atoms with E-state index in [1.165, 1.54) is 17.0 Å². The van der Waals surface area contributed by atoms with Crippen molar-refractivity contribution in [3.05, 3.63) is 22.7 Å². The van der Waals surface area contributed by atoms with Crippen LogP contribution in [0, 0.1) is 0 Å². The van der Waals surface area contributed by atoms with E-state index in [4.69, 9.17) is 5.11 Å². The molecule has 2 rings (SSSR count). The lowest BCUT2D eigenvalue weighted by Gasteiger charge is -2.23. The van der Waals surface area contributed by atoms with Gasteiger partial charge in [-0.15, -0.1) is 0 Å². The van der Waals surface area contributed by atoms with E-state index >= 15 is 0 Å². The van der Waals surface area contributed by atoms with Crippen LogP contribution in [0.1, 0.15) is 18.9 Å². The number of anilines is 1. The average molecular weight is 277 g/mol. The molecule has 1 aromatic heterocycles. The molecule has 1 fully saturated rings. The molecule has 1 N–H and O–H groups in total. The second kappa shape index (κ2) is 5.20. The summed E-state index contributed by atoms with van der Waals surface area (Å²) < 4.78 is 38.8. The Kier molecular flexibility index (Phi) is 3.79. The zero-order chi connectivity index (χ0) is 14.0. The van der Waals surface area contributed by atoms with Crippen LogP contribution >= 0.6 is 0 Å². The molecule has 0 radical (unpaired) electrons. The van der Waals surface area contributed by atoms with E-state index in [1.807, 2.05) is 0 Å². The maximum absolute atomic E-state index is 12.5. The highest BCUT2D eigenvalue weighted by Gasteiger charge is 2.33. The van der Waals surface area contributed by atoms with Crippen LogP contribution in [0.25, 0.3) is 0 Å². The maximum Gasteiger partial charge on any atom is 0.405 e. The monoisotopic (exact) mass is 277 g/mol. The van der Waals surface area contributed by atoms with Crippen molar-refractivity contribution in [1.82, 2.24) is 9.55 Å². The lowest BCUT2D eigenvalue weighted by Crippen LogP contribution is -2.41. The molecule has 0 aliphatic heterocycles. The van der Waals surface area contributed by atoms with E-state index < -0.39 is 24.9 Å². The highest BCUT2D eigenvalue weighted by Crippen LogP contribution is 2.33. The van der Waals surface area contributed by atoms with E-state index in [2.05, 4.69) is 4.98 Å². The predicted molar refractivity (Wildman–Crippen MR) is 62.1 cm³/mol. The summed E-state index contributed by atoms with van der Waals surface area (Å²) in [4.78, 5) is 16.6. The molecule has 0 aromatic carbocycles. The van der Waals surface area contributed by atoms with Crippen molar-refractivity contribution in [1.29, 1.82) is 0 Å². The van der Waals surface area contributed by atoms with Gasteiger partial charge in [-0.05, 0) is 12.8 Å². The standard InChI is InChI=1S/C11H14F3N3O2/c12-11(13,14)7-16(5-6-18)9-10(19)17(4-3-15-9)8-1-2-8/h3-4,8,18H,1-2,5-7H2. The summed E-state index contributed by atoms with van der Waals surface area (Å²) in [5.41, 5.74) is -0.539. The lowest BCUT2D eigenvalue weighted by atomic mass is 10.4. The zero-order valence-electron chi connectivity index (χ0n) is 10.1. The fourth-order valence-electron chi connectivity index (χ4n) is 1.87. The van der Waals surface area contributed by atoms with Gasteiger partial charge in [-0.25, -0.2) is 4.98 Å². The third kappa shape index (κ3) is 3.46. The number of aliphatic hydroxyl groups is 1. The van der Waals surface area contributed by atoms with Crippen LogP contribution in [0.5, 0.6) is 0 Å². The van der Waals surface area contributed by atoms with Crippen molar-refractivity contribution in [2.24, 2.45) is 0 Å². The fraction of sp³-hybridized carbons (Fsp3) is 0.636. The largest absolute Gasteiger partial charge is 0.405 e. The van der Waals surface area contributed by atoms with Crippen LogP contribution in [0.2, 0.25) is 0 Å². The number of rotatable bonds is 5. The maximum atomic E-state index is 12.5. The number of hydrogen-bond donors (Lipinski definition) is 1. The summed E-state index contributed by atoms with van der Waals surface area (Å²) in [5, 5.41) is 8.83. The Balaban J connectivity index is 2.30. The molecule has 106 valence electrons. The van der Waals surface area contributed by atoms with Crippen molar-refractivity contribution >= 4 is 5.82 Å². The summed E-state index contributed by atoms with van der Waals surface area (Å²) in [6.45, 7) is -2.06. The number of alkyl halides is 3. The third-order valence-corrected chi connectivity index (χ3v) is 2.83. The number of aliphatic hydroxyl groups excluding tert-OH is 1. The molecule has 19 heavy (non-hydrogen) atoms. The number of nitrogens with zero attached hydrogens (tertiary/aromatic N) is 3. The Morgan fingerprint density at radius 1 is 1.47 bits per heavy atom. The van der Waals surface area contributed by atoms with Gasteiger partial charge >= 0.3 is 6.18 Å². The van der Waals surface area contributed by atoms with Crippen LogP contribution in [0.15, 0.2) is 17.2 Å². The molecular formula is C11H14F3N3O2. The Hall–Kier alpha value is -1.57. The zero-order valence-corrected chi connectivity index (χ0v) is 10.1. The first-order valence-electron chi connectivity index (χ1n) is 5.92. The van der Waals surface area contributed by atoms with Gasteiger partial charge in [-0.2, -0.15) is 13.2 Å². The molecule has 0 saturated heterocycles. The molecule has 8 heteroatoms. The number of hydrogen-bond acceptors (Lipinski definition) is 4. The summed E-state index contributed by atoms with van der Waals surface area (Å²) in [7, 11) is 0. The van der Waals surface area contributed by atoms with Crippen LogP contribution < -0.4 is 10.5 Å². The van der Waals surface area contributed by atoms with Crippen molar-refractivity contribution in [2.45, 2.75) is 25.1 Å². The minimum atomic E-state index is -4.45. The van der Waals surface area contributed by atoms with Gasteiger partial charge in [0.15, 0.2) is 5.82 Å². The molecule has 1 heterocycles. The second-order valence-corrected chi connectivity index (χ2v) is 4.45. The van der Waals surface area contributed by atoms with Crippen molar-refractivity contribution in [2.75, 3.05) is 24.6 Å². The molecule has 1 aliphatic carbocycles. The van der Waals surface area contributed by atoms with Crippen molar-refractivity contribution in [3.63, 3.8) is 0 Å². The van der Waals surface area contributed by atoms with Gasteiger partial charge in [0.2, 0.25) is 0 Å². The Morgan fingerprint density at radius 2 is 2.16 bits per heavy atom. The fourth-order valence-corrected chi connectivity index (χ4v) is 1.87. The Morgan fingerprint density at radius 3 is 2.68 bits per heavy atom. The molecule has 1 aromatic rings. The Bertz CT molecular complexity index is 497. The highest BCUT2D eigenvalue weighted by atomic mass is 19.4. The molecule has 1 saturated carbocycles. The average Bonchev–Trinajstić information content (AvgIpc) is 3.11. The SMILES string of the molecule is O=c1c(N(CCO)CC(F)(F)F)nccn1C1CC1. The minimum absolute atomic E-state index is 0.0658. The second-order valence-electron chi connectivity index (χ2n) is 4.45. The normalized spacial score (nSPS) is 15.6. The first kappa shape index (κ1) is 13.9. The predicted octanol–water partition coefficient (Wildman–Crippen LogP) is 0.939. The third-order valence-electron chi connectivity index (χ3n) is 2.83. The Labute approximate surface area is 107 Å². The van der Waals surface area contributed by atoms with Crippen LogP contribution in [0.4, 0.5) is 19.0 Å². The van der Waals surface area contributed by atoms with E-state index in [9.17, 15) is 18.0 Å². The molecule has 0 spiro atoms. The first-order chi connectivity index (χ1) is 8.92. The molecule has 0 amide bonds. The van der Waals surface area contributed by atoms with Crippen molar-refractivity contribution < 1.29 is 18.3 Å². The molecule has 0 atom stereocenters. The highest BCUT2D eigenvalue weighted by molar-refractivity contribution is 5.36. The van der Waals surface area contributed by atoms with E-state index in [-0.39, 0.29) is 18.4 Å². The molecule has 5 nitrogen and oxygen atoms in total. The van der Waals surface area contributed by atoms with Gasteiger partial charge in [-0.3, -0.25) is 4.79 Å². The molecule has 1 aliphatic rings. The minimum Gasteiger partial charge on any atom is -0.395 e. The molecule has 0 bridgehead atoms. The van der Waals surface area contributed by atoms with E-state index in [1.54, 1.807) is 0 Å². The van der Waals surface area contributed by atoms with Crippen LogP contribution in [-0.4, -0.2) is 40.5 Å². The molecular weight excluding hydrogens is 263 g/mol. The van der Waals surface area contributed by atoms with Gasteiger partial charge in [-0.1, -0.05) is 0 Å². The summed E-state index contributed by atoms with van der Waals surface area (Å²) >= 11 is 0. The molecule has 0 unspecified atom stereocenters. The number of aromatic nitrogens is 2. The van der Waals surface area contributed by atoms with Gasteiger partial charge in [0.25, 0.3) is 5.56 Å². The van der Waals surface area contributed by atoms with E-state index in [0.717, 1.165) is 17.7 Å². The van der Waals surface area contributed by atoms with Gasteiger partial charge in [0, 0.05) is 25.0 Å². The quantitative estimate of drug-likeness (QED) is 0.870. The van der Waals surface area contributed by atoms with Crippen LogP contribution in [-0.2, 0) is 0 Å². The lowest BCUT2D eigenvalue weighted by molar-refractivity contribution is -0.120. The van der Waals surface area contributed by atoms with Gasteiger partial charge in [0.05, 0.1) is 6.61 Å². The summed E-state index contributed by atoms with van der Waals surface area (Å²) in [5.74, 6) is -0.263. The smallest absolute Gasteiger partial charge is 0.395 e. The van der Waals surface area contributed by atoms with Crippen LogP contribution in [0.3, 0.4) is 0 Å². The van der Waals surface area contributed by atoms with Gasteiger partial charge in [0.1, 0.15) is 6.54 Å². The van der Waals surface area contributed by atoms with Gasteiger partial charge < -0.3 is 14.6 Å².